The minimum absolute atomic E-state index is 0.104. The summed E-state index contributed by atoms with van der Waals surface area (Å²) in [6.45, 7) is 5.62. The SMILES string of the molecule is CCn1c(SCC(=O)N2CCCC2Cc2cccc(F)c2)nnc1-c1ccccc1C. The van der Waals surface area contributed by atoms with E-state index in [0.29, 0.717) is 12.2 Å². The van der Waals surface area contributed by atoms with Gasteiger partial charge in [0.25, 0.3) is 0 Å². The molecular weight excluding hydrogens is 411 g/mol. The standard InChI is InChI=1S/C24H27FN4OS/c1-3-28-23(21-12-5-4-8-17(21)2)26-27-24(28)31-16-22(30)29-13-7-11-20(29)15-18-9-6-10-19(25)14-18/h4-6,8-10,12,14,20H,3,7,11,13,15-16H2,1-2H3. The van der Waals surface area contributed by atoms with Gasteiger partial charge in [-0.15, -0.1) is 10.2 Å². The molecule has 2 aromatic carbocycles. The van der Waals surface area contributed by atoms with E-state index in [0.717, 1.165) is 53.6 Å². The lowest BCUT2D eigenvalue weighted by Gasteiger charge is -2.24. The van der Waals surface area contributed by atoms with Gasteiger partial charge in [0.1, 0.15) is 5.82 Å². The van der Waals surface area contributed by atoms with E-state index in [9.17, 15) is 9.18 Å². The largest absolute Gasteiger partial charge is 0.339 e. The van der Waals surface area contributed by atoms with Crippen LogP contribution >= 0.6 is 11.8 Å². The molecular formula is C24H27FN4OS. The van der Waals surface area contributed by atoms with Crippen molar-refractivity contribution in [1.82, 2.24) is 19.7 Å². The third kappa shape index (κ3) is 4.82. The van der Waals surface area contributed by atoms with Crippen LogP contribution in [0, 0.1) is 12.7 Å². The molecule has 1 aliphatic rings. The lowest BCUT2D eigenvalue weighted by molar-refractivity contribution is -0.129. The highest BCUT2D eigenvalue weighted by atomic mass is 32.2. The Kier molecular flexibility index (Phi) is 6.70. The number of hydrogen-bond donors (Lipinski definition) is 0. The Morgan fingerprint density at radius 2 is 2.03 bits per heavy atom. The fourth-order valence-corrected chi connectivity index (χ4v) is 5.11. The Labute approximate surface area is 186 Å². The van der Waals surface area contributed by atoms with Gasteiger partial charge in [-0.3, -0.25) is 4.79 Å². The number of carbonyl (C=O) groups excluding carboxylic acids is 1. The lowest BCUT2D eigenvalue weighted by Crippen LogP contribution is -2.38. The van der Waals surface area contributed by atoms with E-state index >= 15 is 0 Å². The summed E-state index contributed by atoms with van der Waals surface area (Å²) in [5, 5.41) is 9.53. The number of benzene rings is 2. The molecule has 4 rings (SSSR count). The average molecular weight is 439 g/mol. The molecule has 3 aromatic rings. The van der Waals surface area contributed by atoms with E-state index < -0.39 is 0 Å². The molecule has 7 heteroatoms. The quantitative estimate of drug-likeness (QED) is 0.500. The monoisotopic (exact) mass is 438 g/mol. The summed E-state index contributed by atoms with van der Waals surface area (Å²) >= 11 is 1.44. The maximum Gasteiger partial charge on any atom is 0.233 e. The zero-order valence-electron chi connectivity index (χ0n) is 17.9. The second-order valence-electron chi connectivity index (χ2n) is 7.87. The third-order valence-electron chi connectivity index (χ3n) is 5.80. The first-order valence-corrected chi connectivity index (χ1v) is 11.7. The summed E-state index contributed by atoms with van der Waals surface area (Å²) in [5.41, 5.74) is 3.14. The summed E-state index contributed by atoms with van der Waals surface area (Å²) < 4.78 is 15.6. The second-order valence-corrected chi connectivity index (χ2v) is 8.81. The zero-order chi connectivity index (χ0) is 21.8. The van der Waals surface area contributed by atoms with Crippen molar-refractivity contribution in [2.24, 2.45) is 0 Å². The van der Waals surface area contributed by atoms with Crippen LogP contribution in [0.2, 0.25) is 0 Å². The molecule has 1 unspecified atom stereocenters. The maximum absolute atomic E-state index is 13.5. The van der Waals surface area contributed by atoms with Crippen molar-refractivity contribution < 1.29 is 9.18 Å². The molecule has 1 fully saturated rings. The van der Waals surface area contributed by atoms with E-state index in [1.54, 1.807) is 12.1 Å². The number of nitrogens with zero attached hydrogens (tertiary/aromatic N) is 4. The minimum atomic E-state index is -0.229. The van der Waals surface area contributed by atoms with Gasteiger partial charge in [-0.25, -0.2) is 4.39 Å². The second kappa shape index (κ2) is 9.64. The highest BCUT2D eigenvalue weighted by Gasteiger charge is 2.29. The Morgan fingerprint density at radius 3 is 2.81 bits per heavy atom. The number of carbonyl (C=O) groups is 1. The van der Waals surface area contributed by atoms with Crippen molar-refractivity contribution in [1.29, 1.82) is 0 Å². The molecule has 1 atom stereocenters. The first-order chi connectivity index (χ1) is 15.1. The zero-order valence-corrected chi connectivity index (χ0v) is 18.7. The molecule has 162 valence electrons. The molecule has 0 spiro atoms. The Balaban J connectivity index is 1.43. The first kappa shape index (κ1) is 21.6. The van der Waals surface area contributed by atoms with Crippen LogP contribution < -0.4 is 0 Å². The lowest BCUT2D eigenvalue weighted by atomic mass is 10.0. The van der Waals surface area contributed by atoms with Gasteiger partial charge in [0.15, 0.2) is 11.0 Å². The van der Waals surface area contributed by atoms with Gasteiger partial charge in [-0.1, -0.05) is 48.2 Å². The van der Waals surface area contributed by atoms with Gasteiger partial charge < -0.3 is 9.47 Å². The van der Waals surface area contributed by atoms with E-state index in [1.807, 2.05) is 29.2 Å². The molecule has 0 saturated carbocycles. The molecule has 1 amide bonds. The molecule has 31 heavy (non-hydrogen) atoms. The summed E-state index contributed by atoms with van der Waals surface area (Å²) in [7, 11) is 0. The Morgan fingerprint density at radius 1 is 1.19 bits per heavy atom. The highest BCUT2D eigenvalue weighted by molar-refractivity contribution is 7.99. The van der Waals surface area contributed by atoms with Crippen molar-refractivity contribution in [2.75, 3.05) is 12.3 Å². The Bertz CT molecular complexity index is 1070. The van der Waals surface area contributed by atoms with Crippen LogP contribution in [0.3, 0.4) is 0 Å². The van der Waals surface area contributed by atoms with Gasteiger partial charge in [0.05, 0.1) is 5.75 Å². The number of thioether (sulfide) groups is 1. The minimum Gasteiger partial charge on any atom is -0.339 e. The number of rotatable bonds is 7. The summed E-state index contributed by atoms with van der Waals surface area (Å²) in [6, 6.07) is 14.9. The summed E-state index contributed by atoms with van der Waals surface area (Å²) in [6.07, 6.45) is 2.63. The van der Waals surface area contributed by atoms with Gasteiger partial charge >= 0.3 is 0 Å². The maximum atomic E-state index is 13.5. The molecule has 0 aliphatic carbocycles. The van der Waals surface area contributed by atoms with Gasteiger partial charge in [0, 0.05) is 24.7 Å². The van der Waals surface area contributed by atoms with Crippen molar-refractivity contribution in [3.63, 3.8) is 0 Å². The molecule has 0 N–H and O–H groups in total. The van der Waals surface area contributed by atoms with Crippen LogP contribution in [-0.2, 0) is 17.8 Å². The smallest absolute Gasteiger partial charge is 0.233 e. The van der Waals surface area contributed by atoms with Crippen LogP contribution in [0.1, 0.15) is 30.9 Å². The predicted molar refractivity (Wildman–Crippen MR) is 121 cm³/mol. The number of aromatic nitrogens is 3. The number of halogens is 1. The molecule has 0 bridgehead atoms. The van der Waals surface area contributed by atoms with Crippen LogP contribution in [0.25, 0.3) is 11.4 Å². The predicted octanol–water partition coefficient (Wildman–Crippen LogP) is 4.74. The molecule has 0 radical (unpaired) electrons. The van der Waals surface area contributed by atoms with Crippen LogP contribution in [0.5, 0.6) is 0 Å². The van der Waals surface area contributed by atoms with Crippen molar-refractivity contribution in [2.45, 2.75) is 50.9 Å². The van der Waals surface area contributed by atoms with Crippen molar-refractivity contribution >= 4 is 17.7 Å². The van der Waals surface area contributed by atoms with Gasteiger partial charge in [-0.05, 0) is 56.4 Å². The summed E-state index contributed by atoms with van der Waals surface area (Å²) in [5.74, 6) is 1.03. The highest BCUT2D eigenvalue weighted by Crippen LogP contribution is 2.28. The number of aryl methyl sites for hydroxylation is 1. The number of hydrogen-bond acceptors (Lipinski definition) is 4. The first-order valence-electron chi connectivity index (χ1n) is 10.7. The topological polar surface area (TPSA) is 51.0 Å². The fourth-order valence-electron chi connectivity index (χ4n) is 4.23. The number of likely N-dealkylation sites (tertiary alicyclic amines) is 1. The van der Waals surface area contributed by atoms with E-state index in [4.69, 9.17) is 0 Å². The molecule has 1 aromatic heterocycles. The van der Waals surface area contributed by atoms with Crippen LogP contribution in [0.15, 0.2) is 53.7 Å². The number of amides is 1. The average Bonchev–Trinajstić information content (AvgIpc) is 3.39. The van der Waals surface area contributed by atoms with Gasteiger partial charge in [0.2, 0.25) is 5.91 Å². The van der Waals surface area contributed by atoms with E-state index in [2.05, 4.69) is 34.7 Å². The van der Waals surface area contributed by atoms with Crippen LogP contribution in [0.4, 0.5) is 4.39 Å². The normalized spacial score (nSPS) is 16.1. The molecule has 1 aliphatic heterocycles. The molecule has 1 saturated heterocycles. The third-order valence-corrected chi connectivity index (χ3v) is 6.75. The van der Waals surface area contributed by atoms with E-state index in [-0.39, 0.29) is 17.8 Å². The fraction of sp³-hybridized carbons (Fsp3) is 0.375. The Hall–Kier alpha value is -2.67. The van der Waals surface area contributed by atoms with Crippen LogP contribution in [-0.4, -0.2) is 43.9 Å². The summed E-state index contributed by atoms with van der Waals surface area (Å²) in [4.78, 5) is 14.9. The molecule has 2 heterocycles. The van der Waals surface area contributed by atoms with E-state index in [1.165, 1.54) is 17.8 Å². The van der Waals surface area contributed by atoms with Gasteiger partial charge in [-0.2, -0.15) is 0 Å². The molecule has 5 nitrogen and oxygen atoms in total. The van der Waals surface area contributed by atoms with Crippen molar-refractivity contribution in [3.05, 3.63) is 65.5 Å². The van der Waals surface area contributed by atoms with Crippen molar-refractivity contribution in [3.8, 4) is 11.4 Å².